The molecule has 4 amide bonds. The smallest absolute Gasteiger partial charge is 0.326 e. The Bertz CT molecular complexity index is 968. The largest absolute Gasteiger partial charge is 0.417 e. The summed E-state index contributed by atoms with van der Waals surface area (Å²) >= 11 is 5.55. The monoisotopic (exact) mass is 472 g/mol. The number of rotatable bonds is 8. The highest BCUT2D eigenvalue weighted by Crippen LogP contribution is 2.36. The van der Waals surface area contributed by atoms with Crippen LogP contribution in [0.5, 0.6) is 0 Å². The molecule has 0 bridgehead atoms. The second kappa shape index (κ2) is 11.3. The lowest BCUT2D eigenvalue weighted by atomic mass is 10.2. The van der Waals surface area contributed by atoms with Crippen molar-refractivity contribution >= 4 is 46.5 Å². The van der Waals surface area contributed by atoms with Gasteiger partial charge in [0.2, 0.25) is 11.8 Å². The van der Waals surface area contributed by atoms with Gasteiger partial charge in [0.1, 0.15) is 0 Å². The molecular formula is C20H20ClF3N4O4. The number of hydrogen-bond donors (Lipinski definition) is 5. The van der Waals surface area contributed by atoms with Crippen LogP contribution in [0.2, 0.25) is 5.02 Å². The molecular weight excluding hydrogens is 453 g/mol. The first-order valence-electron chi connectivity index (χ1n) is 9.36. The molecule has 8 nitrogen and oxygen atoms in total. The number of carbonyl (C=O) groups is 3. The first-order valence-corrected chi connectivity index (χ1v) is 9.74. The van der Waals surface area contributed by atoms with Crippen LogP contribution in [0.15, 0.2) is 42.5 Å². The first kappa shape index (κ1) is 25.0. The van der Waals surface area contributed by atoms with Crippen molar-refractivity contribution in [1.29, 1.82) is 0 Å². The van der Waals surface area contributed by atoms with Crippen LogP contribution >= 0.6 is 11.6 Å². The van der Waals surface area contributed by atoms with Gasteiger partial charge in [0.05, 0.1) is 10.6 Å². The van der Waals surface area contributed by atoms with E-state index in [4.69, 9.17) is 16.8 Å². The second-order valence-corrected chi connectivity index (χ2v) is 7.05. The van der Waals surface area contributed by atoms with Crippen LogP contribution in [-0.4, -0.2) is 23.1 Å². The van der Waals surface area contributed by atoms with Gasteiger partial charge in [0, 0.05) is 29.9 Å². The van der Waals surface area contributed by atoms with E-state index < -0.39 is 28.7 Å². The third-order valence-corrected chi connectivity index (χ3v) is 4.47. The number of anilines is 3. The summed E-state index contributed by atoms with van der Waals surface area (Å²) in [5.41, 5.74) is 1.19. The van der Waals surface area contributed by atoms with Crippen LogP contribution in [0.1, 0.15) is 31.2 Å². The van der Waals surface area contributed by atoms with E-state index in [-0.39, 0.29) is 24.4 Å². The molecule has 2 aromatic carbocycles. The highest BCUT2D eigenvalue weighted by atomic mass is 35.5. The predicted molar refractivity (Wildman–Crippen MR) is 113 cm³/mol. The lowest BCUT2D eigenvalue weighted by Crippen LogP contribution is -2.20. The predicted octanol–water partition coefficient (Wildman–Crippen LogP) is 5.01. The zero-order chi connectivity index (χ0) is 23.7. The molecule has 0 unspecified atom stereocenters. The minimum atomic E-state index is -4.65. The summed E-state index contributed by atoms with van der Waals surface area (Å²) in [5.74, 6) is -0.787. The zero-order valence-electron chi connectivity index (χ0n) is 16.6. The summed E-state index contributed by atoms with van der Waals surface area (Å²) in [6.45, 7) is 0. The fourth-order valence-corrected chi connectivity index (χ4v) is 2.83. The van der Waals surface area contributed by atoms with Gasteiger partial charge in [-0.1, -0.05) is 11.6 Å². The molecule has 2 aromatic rings. The number of hydroxylamine groups is 1. The summed E-state index contributed by atoms with van der Waals surface area (Å²) in [6.07, 6.45) is -3.46. The van der Waals surface area contributed by atoms with Crippen molar-refractivity contribution in [3.8, 4) is 0 Å². The molecule has 32 heavy (non-hydrogen) atoms. The quantitative estimate of drug-likeness (QED) is 0.211. The van der Waals surface area contributed by atoms with Gasteiger partial charge in [0.15, 0.2) is 0 Å². The maximum Gasteiger partial charge on any atom is 0.417 e. The van der Waals surface area contributed by atoms with Gasteiger partial charge in [-0.2, -0.15) is 13.2 Å². The topological polar surface area (TPSA) is 120 Å². The Labute approximate surface area is 186 Å². The van der Waals surface area contributed by atoms with Gasteiger partial charge in [-0.3, -0.25) is 14.8 Å². The molecule has 0 fully saturated rings. The Morgan fingerprint density at radius 3 is 1.88 bits per heavy atom. The second-order valence-electron chi connectivity index (χ2n) is 6.64. The molecule has 0 aromatic heterocycles. The minimum absolute atomic E-state index is 0.0837. The number of urea groups is 1. The maximum absolute atomic E-state index is 12.9. The van der Waals surface area contributed by atoms with Crippen molar-refractivity contribution in [3.05, 3.63) is 53.1 Å². The molecule has 0 aliphatic rings. The van der Waals surface area contributed by atoms with E-state index in [0.717, 1.165) is 12.1 Å². The third kappa shape index (κ3) is 8.08. The summed E-state index contributed by atoms with van der Waals surface area (Å²) in [6, 6.07) is 8.34. The average Bonchev–Trinajstić information content (AvgIpc) is 2.73. The van der Waals surface area contributed by atoms with Crippen molar-refractivity contribution < 1.29 is 32.8 Å². The Balaban J connectivity index is 1.84. The molecule has 0 saturated heterocycles. The summed E-state index contributed by atoms with van der Waals surface area (Å²) < 4.78 is 38.7. The number of alkyl halides is 3. The molecule has 12 heteroatoms. The molecule has 5 N–H and O–H groups in total. The van der Waals surface area contributed by atoms with Crippen molar-refractivity contribution in [1.82, 2.24) is 5.48 Å². The van der Waals surface area contributed by atoms with Crippen molar-refractivity contribution in [2.75, 3.05) is 16.0 Å². The number of hydrogen-bond acceptors (Lipinski definition) is 4. The Morgan fingerprint density at radius 2 is 1.31 bits per heavy atom. The van der Waals surface area contributed by atoms with Gasteiger partial charge < -0.3 is 16.0 Å². The number of nitrogens with one attached hydrogen (secondary N) is 4. The van der Waals surface area contributed by atoms with Crippen LogP contribution < -0.4 is 21.4 Å². The molecule has 0 aliphatic carbocycles. The van der Waals surface area contributed by atoms with Gasteiger partial charge >= 0.3 is 12.2 Å². The van der Waals surface area contributed by atoms with Crippen LogP contribution in [0.4, 0.5) is 35.0 Å². The molecule has 0 atom stereocenters. The number of carbonyl (C=O) groups excluding carboxylic acids is 3. The third-order valence-electron chi connectivity index (χ3n) is 4.14. The highest BCUT2D eigenvalue weighted by Gasteiger charge is 2.33. The summed E-state index contributed by atoms with van der Waals surface area (Å²) in [5, 5.41) is 15.3. The SMILES string of the molecule is O=C(CCCCC(=O)Nc1ccc(NC(=O)Nc2ccc(Cl)c(C(F)(F)F)c2)cc1)NO. The van der Waals surface area contributed by atoms with E-state index in [0.29, 0.717) is 24.2 Å². The van der Waals surface area contributed by atoms with Crippen LogP contribution in [0, 0.1) is 0 Å². The van der Waals surface area contributed by atoms with Gasteiger partial charge in [0.25, 0.3) is 0 Å². The van der Waals surface area contributed by atoms with E-state index in [9.17, 15) is 27.6 Å². The van der Waals surface area contributed by atoms with Crippen LogP contribution in [0.25, 0.3) is 0 Å². The molecule has 0 saturated carbocycles. The normalized spacial score (nSPS) is 10.9. The fourth-order valence-electron chi connectivity index (χ4n) is 2.60. The number of benzene rings is 2. The standard InChI is InChI=1S/C20H20ClF3N4O4/c21-16-10-9-14(11-15(16)20(22,23)24)27-19(31)26-13-7-5-12(6-8-13)25-17(29)3-1-2-4-18(30)28-32/h5-11,32H,1-4H2,(H,25,29)(H,28,30)(H2,26,27,31). The van der Waals surface area contributed by atoms with E-state index in [2.05, 4.69) is 16.0 Å². The zero-order valence-corrected chi connectivity index (χ0v) is 17.3. The minimum Gasteiger partial charge on any atom is -0.326 e. The van der Waals surface area contributed by atoms with Crippen LogP contribution in [-0.2, 0) is 15.8 Å². The van der Waals surface area contributed by atoms with E-state index in [1.54, 1.807) is 0 Å². The van der Waals surface area contributed by atoms with E-state index >= 15 is 0 Å². The van der Waals surface area contributed by atoms with Crippen molar-refractivity contribution in [2.45, 2.75) is 31.9 Å². The fraction of sp³-hybridized carbons (Fsp3) is 0.250. The molecule has 0 spiro atoms. The Morgan fingerprint density at radius 1 is 0.812 bits per heavy atom. The van der Waals surface area contributed by atoms with Crippen molar-refractivity contribution in [2.24, 2.45) is 0 Å². The molecule has 0 heterocycles. The molecule has 0 radical (unpaired) electrons. The lowest BCUT2D eigenvalue weighted by molar-refractivity contribution is -0.137. The van der Waals surface area contributed by atoms with Gasteiger partial charge in [-0.25, -0.2) is 10.3 Å². The molecule has 2 rings (SSSR count). The highest BCUT2D eigenvalue weighted by molar-refractivity contribution is 6.31. The lowest BCUT2D eigenvalue weighted by Gasteiger charge is -2.12. The van der Waals surface area contributed by atoms with Crippen LogP contribution in [0.3, 0.4) is 0 Å². The summed E-state index contributed by atoms with van der Waals surface area (Å²) in [4.78, 5) is 34.8. The molecule has 172 valence electrons. The molecule has 0 aliphatic heterocycles. The summed E-state index contributed by atoms with van der Waals surface area (Å²) in [7, 11) is 0. The van der Waals surface area contributed by atoms with E-state index in [1.165, 1.54) is 35.8 Å². The maximum atomic E-state index is 12.9. The van der Waals surface area contributed by atoms with Gasteiger partial charge in [-0.05, 0) is 55.3 Å². The Kier molecular flexibility index (Phi) is 8.85. The Hall–Kier alpha value is -3.31. The number of amides is 4. The van der Waals surface area contributed by atoms with Gasteiger partial charge in [-0.15, -0.1) is 0 Å². The average molecular weight is 473 g/mol. The van der Waals surface area contributed by atoms with E-state index in [1.807, 2.05) is 0 Å². The number of halogens is 4. The number of unbranched alkanes of at least 4 members (excludes halogenated alkanes) is 1. The van der Waals surface area contributed by atoms with Crippen molar-refractivity contribution in [3.63, 3.8) is 0 Å². The first-order chi connectivity index (χ1) is 15.1.